The summed E-state index contributed by atoms with van der Waals surface area (Å²) in [6.45, 7) is 8.56. The van der Waals surface area contributed by atoms with Crippen molar-refractivity contribution in [3.8, 4) is 11.8 Å². The number of benzene rings is 1. The molecule has 0 amide bonds. The van der Waals surface area contributed by atoms with Crippen LogP contribution in [0.25, 0.3) is 0 Å². The summed E-state index contributed by atoms with van der Waals surface area (Å²) in [6.07, 6.45) is 0. The van der Waals surface area contributed by atoms with Crippen molar-refractivity contribution in [3.05, 3.63) is 29.3 Å². The van der Waals surface area contributed by atoms with E-state index in [4.69, 9.17) is 14.7 Å². The van der Waals surface area contributed by atoms with Gasteiger partial charge in [0.15, 0.2) is 0 Å². The Hall–Kier alpha value is -1.53. The highest BCUT2D eigenvalue weighted by molar-refractivity contribution is 5.46. The Balaban J connectivity index is 2.56. The molecule has 0 radical (unpaired) electrons. The minimum Gasteiger partial charge on any atom is -0.463 e. The van der Waals surface area contributed by atoms with Crippen LogP contribution in [0.5, 0.6) is 5.75 Å². The van der Waals surface area contributed by atoms with Crippen molar-refractivity contribution in [3.63, 3.8) is 0 Å². The van der Waals surface area contributed by atoms with Gasteiger partial charge in [-0.25, -0.2) is 0 Å². The summed E-state index contributed by atoms with van der Waals surface area (Å²) in [5, 5.41) is 8.96. The van der Waals surface area contributed by atoms with Crippen molar-refractivity contribution in [2.24, 2.45) is 0 Å². The third-order valence-electron chi connectivity index (χ3n) is 2.97. The summed E-state index contributed by atoms with van der Waals surface area (Å²) in [5.41, 5.74) is 1.53. The van der Waals surface area contributed by atoms with Gasteiger partial charge in [-0.3, -0.25) is 0 Å². The van der Waals surface area contributed by atoms with Gasteiger partial charge >= 0.3 is 0 Å². The molecule has 0 bridgehead atoms. The smallest absolute Gasteiger partial charge is 0.204 e. The lowest BCUT2D eigenvalue weighted by Crippen LogP contribution is -2.33. The third kappa shape index (κ3) is 2.27. The molecule has 1 aromatic rings. The maximum absolute atomic E-state index is 8.96. The van der Waals surface area contributed by atoms with Gasteiger partial charge in [0, 0.05) is 24.8 Å². The molecule has 90 valence electrons. The van der Waals surface area contributed by atoms with E-state index in [0.717, 1.165) is 11.3 Å². The SMILES string of the molecule is CC1(C)OCC(C)(C)c2cc(C#N)ccc2O1. The molecule has 0 spiro atoms. The van der Waals surface area contributed by atoms with Gasteiger partial charge in [0.05, 0.1) is 18.2 Å². The second-order valence-electron chi connectivity index (χ2n) is 5.50. The van der Waals surface area contributed by atoms with E-state index < -0.39 is 5.79 Å². The summed E-state index contributed by atoms with van der Waals surface area (Å²) in [6, 6.07) is 7.68. The molecule has 0 aliphatic carbocycles. The van der Waals surface area contributed by atoms with Crippen LogP contribution in [-0.4, -0.2) is 12.4 Å². The lowest BCUT2D eigenvalue weighted by molar-refractivity contribution is -0.157. The second kappa shape index (κ2) is 3.75. The standard InChI is InChI=1S/C14H17NO2/c1-13(2)9-16-14(3,4)17-12-6-5-10(8-15)7-11(12)13/h5-7H,9H2,1-4H3. The third-order valence-corrected chi connectivity index (χ3v) is 2.97. The fourth-order valence-corrected chi connectivity index (χ4v) is 1.94. The second-order valence-corrected chi connectivity index (χ2v) is 5.50. The molecule has 0 atom stereocenters. The van der Waals surface area contributed by atoms with Crippen molar-refractivity contribution >= 4 is 0 Å². The van der Waals surface area contributed by atoms with Crippen LogP contribution in [0.4, 0.5) is 0 Å². The zero-order valence-electron chi connectivity index (χ0n) is 10.7. The average molecular weight is 231 g/mol. The first-order chi connectivity index (χ1) is 7.84. The van der Waals surface area contributed by atoms with Crippen molar-refractivity contribution < 1.29 is 9.47 Å². The predicted octanol–water partition coefficient (Wildman–Crippen LogP) is 2.98. The Bertz CT molecular complexity index is 483. The Morgan fingerprint density at radius 3 is 2.59 bits per heavy atom. The first kappa shape index (κ1) is 11.9. The Kier molecular flexibility index (Phi) is 2.63. The molecule has 0 fully saturated rings. The predicted molar refractivity (Wildman–Crippen MR) is 64.8 cm³/mol. The highest BCUT2D eigenvalue weighted by atomic mass is 16.7. The van der Waals surface area contributed by atoms with Gasteiger partial charge in [0.25, 0.3) is 0 Å². The van der Waals surface area contributed by atoms with E-state index in [1.165, 1.54) is 0 Å². The topological polar surface area (TPSA) is 42.2 Å². The molecule has 0 unspecified atom stereocenters. The first-order valence-corrected chi connectivity index (χ1v) is 5.72. The molecular formula is C14H17NO2. The molecular weight excluding hydrogens is 214 g/mol. The molecule has 1 aromatic carbocycles. The van der Waals surface area contributed by atoms with Crippen LogP contribution in [-0.2, 0) is 10.2 Å². The van der Waals surface area contributed by atoms with Crippen LogP contribution in [0.2, 0.25) is 0 Å². The number of fused-ring (bicyclic) bond motifs is 1. The minimum atomic E-state index is -0.628. The average Bonchev–Trinajstić information content (AvgIpc) is 2.34. The fraction of sp³-hybridized carbons (Fsp3) is 0.500. The highest BCUT2D eigenvalue weighted by Crippen LogP contribution is 2.38. The largest absolute Gasteiger partial charge is 0.463 e. The van der Waals surface area contributed by atoms with Gasteiger partial charge in [-0.05, 0) is 18.2 Å². The van der Waals surface area contributed by atoms with Gasteiger partial charge in [-0.2, -0.15) is 5.26 Å². The summed E-state index contributed by atoms with van der Waals surface area (Å²) in [5.74, 6) is 0.174. The number of hydrogen-bond donors (Lipinski definition) is 0. The van der Waals surface area contributed by atoms with E-state index in [9.17, 15) is 0 Å². The Morgan fingerprint density at radius 2 is 1.94 bits per heavy atom. The molecule has 1 heterocycles. The van der Waals surface area contributed by atoms with E-state index >= 15 is 0 Å². The first-order valence-electron chi connectivity index (χ1n) is 5.72. The summed E-state index contributed by atoms with van der Waals surface area (Å²) in [4.78, 5) is 0. The minimum absolute atomic E-state index is 0.157. The van der Waals surface area contributed by atoms with Gasteiger partial charge in [0.2, 0.25) is 5.79 Å². The van der Waals surface area contributed by atoms with Gasteiger partial charge in [-0.15, -0.1) is 0 Å². The Labute approximate surface area is 102 Å². The number of hydrogen-bond acceptors (Lipinski definition) is 3. The monoisotopic (exact) mass is 231 g/mol. The van der Waals surface area contributed by atoms with Gasteiger partial charge in [0.1, 0.15) is 5.75 Å². The lowest BCUT2D eigenvalue weighted by Gasteiger charge is -2.25. The molecule has 17 heavy (non-hydrogen) atoms. The van der Waals surface area contributed by atoms with Crippen LogP contribution in [0.3, 0.4) is 0 Å². The van der Waals surface area contributed by atoms with Crippen LogP contribution < -0.4 is 4.74 Å². The summed E-state index contributed by atoms with van der Waals surface area (Å²) < 4.78 is 11.6. The van der Waals surface area contributed by atoms with Crippen LogP contribution >= 0.6 is 0 Å². The van der Waals surface area contributed by atoms with E-state index in [2.05, 4.69) is 19.9 Å². The maximum atomic E-state index is 8.96. The number of rotatable bonds is 0. The summed E-state index contributed by atoms with van der Waals surface area (Å²) in [7, 11) is 0. The molecule has 2 rings (SSSR count). The molecule has 0 saturated heterocycles. The lowest BCUT2D eigenvalue weighted by atomic mass is 9.84. The van der Waals surface area contributed by atoms with Gasteiger partial charge in [-0.1, -0.05) is 13.8 Å². The summed E-state index contributed by atoms with van der Waals surface area (Å²) >= 11 is 0. The zero-order valence-corrected chi connectivity index (χ0v) is 10.7. The van der Waals surface area contributed by atoms with Crippen LogP contribution in [0, 0.1) is 11.3 Å². The maximum Gasteiger partial charge on any atom is 0.204 e. The van der Waals surface area contributed by atoms with Crippen molar-refractivity contribution in [2.75, 3.05) is 6.61 Å². The molecule has 1 aliphatic rings. The molecule has 0 aromatic heterocycles. The molecule has 0 N–H and O–H groups in total. The number of nitrogens with zero attached hydrogens (tertiary/aromatic N) is 1. The molecule has 3 nitrogen and oxygen atoms in total. The molecule has 0 saturated carbocycles. The molecule has 3 heteroatoms. The van der Waals surface area contributed by atoms with E-state index in [1.54, 1.807) is 6.07 Å². The highest BCUT2D eigenvalue weighted by Gasteiger charge is 2.34. The van der Waals surface area contributed by atoms with E-state index in [-0.39, 0.29) is 5.41 Å². The van der Waals surface area contributed by atoms with Crippen molar-refractivity contribution in [1.29, 1.82) is 5.26 Å². The van der Waals surface area contributed by atoms with Crippen molar-refractivity contribution in [1.82, 2.24) is 0 Å². The quantitative estimate of drug-likeness (QED) is 0.689. The normalized spacial score (nSPS) is 20.6. The molecule has 1 aliphatic heterocycles. The van der Waals surface area contributed by atoms with E-state index in [0.29, 0.717) is 12.2 Å². The Morgan fingerprint density at radius 1 is 1.24 bits per heavy atom. The zero-order chi connectivity index (χ0) is 12.7. The van der Waals surface area contributed by atoms with Gasteiger partial charge < -0.3 is 9.47 Å². The number of ether oxygens (including phenoxy) is 2. The van der Waals surface area contributed by atoms with Crippen LogP contribution in [0.1, 0.15) is 38.8 Å². The van der Waals surface area contributed by atoms with Crippen LogP contribution in [0.15, 0.2) is 18.2 Å². The number of nitriles is 1. The van der Waals surface area contributed by atoms with Crippen molar-refractivity contribution in [2.45, 2.75) is 38.9 Å². The van der Waals surface area contributed by atoms with E-state index in [1.807, 2.05) is 26.0 Å². The fourth-order valence-electron chi connectivity index (χ4n) is 1.94.